The van der Waals surface area contributed by atoms with Gasteiger partial charge in [-0.2, -0.15) is 0 Å². The van der Waals surface area contributed by atoms with E-state index >= 15 is 0 Å². The number of nitrogens with one attached hydrogen (secondary N) is 1. The molecule has 4 N–H and O–H groups in total. The number of aromatic nitrogens is 1. The monoisotopic (exact) mass is 517 g/mol. The number of thiocarbonyl (C=S) groups is 1. The van der Waals surface area contributed by atoms with Crippen molar-refractivity contribution in [3.8, 4) is 5.88 Å². The third kappa shape index (κ3) is 5.07. The SMILES string of the molecule is NS(=O)(=O)c1cccc(NC(=S)N=Nc2c(O)n(Cc3ccccc3)c3cc(Cl)c(F)cc23)c1. The number of nitrogens with two attached hydrogens (primary N) is 1. The van der Waals surface area contributed by atoms with Crippen LogP contribution in [-0.2, 0) is 16.6 Å². The van der Waals surface area contributed by atoms with Gasteiger partial charge in [-0.1, -0.05) is 48.0 Å². The minimum Gasteiger partial charge on any atom is -0.493 e. The fraction of sp³-hybridized carbons (Fsp3) is 0.0455. The van der Waals surface area contributed by atoms with E-state index < -0.39 is 15.8 Å². The van der Waals surface area contributed by atoms with Crippen LogP contribution in [-0.4, -0.2) is 23.2 Å². The van der Waals surface area contributed by atoms with Crippen molar-refractivity contribution in [2.45, 2.75) is 11.4 Å². The average molecular weight is 518 g/mol. The van der Waals surface area contributed by atoms with Crippen molar-refractivity contribution in [3.05, 3.63) is 83.1 Å². The molecule has 0 radical (unpaired) electrons. The molecule has 3 aromatic carbocycles. The average Bonchev–Trinajstić information content (AvgIpc) is 3.03. The molecule has 8 nitrogen and oxygen atoms in total. The summed E-state index contributed by atoms with van der Waals surface area (Å²) in [6, 6.07) is 17.6. The second-order valence-corrected chi connectivity index (χ2v) is 9.59. The van der Waals surface area contributed by atoms with Crippen LogP contribution in [0.5, 0.6) is 5.88 Å². The molecular formula is C22H17ClFN5O3S2. The Bertz CT molecular complexity index is 1540. The summed E-state index contributed by atoms with van der Waals surface area (Å²) in [4.78, 5) is -0.105. The first kappa shape index (κ1) is 23.8. The first-order valence-corrected chi connectivity index (χ1v) is 12.1. The summed E-state index contributed by atoms with van der Waals surface area (Å²) in [6.07, 6.45) is 0. The van der Waals surface area contributed by atoms with E-state index in [4.69, 9.17) is 29.0 Å². The smallest absolute Gasteiger partial charge is 0.238 e. The number of halogens is 2. The standard InChI is InChI=1S/C22H17ClFN5O3S2/c23-17-11-19-16(10-18(17)24)20(21(30)29(19)12-13-5-2-1-3-6-13)27-28-22(33)26-14-7-4-8-15(9-14)34(25,31)32/h1-11,30H,12H2,(H,26,33)(H2,25,31,32). The lowest BCUT2D eigenvalue weighted by molar-refractivity contribution is 0.429. The van der Waals surface area contributed by atoms with E-state index in [1.54, 1.807) is 6.07 Å². The molecule has 34 heavy (non-hydrogen) atoms. The van der Waals surface area contributed by atoms with Gasteiger partial charge in [-0.3, -0.25) is 0 Å². The predicted octanol–water partition coefficient (Wildman–Crippen LogP) is 5.32. The molecule has 0 aliphatic carbocycles. The Hall–Kier alpha value is -3.38. The Morgan fingerprint density at radius 2 is 1.88 bits per heavy atom. The van der Waals surface area contributed by atoms with Gasteiger partial charge in [0, 0.05) is 11.1 Å². The second kappa shape index (κ2) is 9.47. The van der Waals surface area contributed by atoms with Crippen LogP contribution in [0.1, 0.15) is 5.56 Å². The number of hydrogen-bond donors (Lipinski definition) is 3. The fourth-order valence-electron chi connectivity index (χ4n) is 3.33. The molecule has 12 heteroatoms. The van der Waals surface area contributed by atoms with Gasteiger partial charge in [-0.05, 0) is 48.1 Å². The van der Waals surface area contributed by atoms with Gasteiger partial charge >= 0.3 is 0 Å². The molecule has 0 amide bonds. The summed E-state index contributed by atoms with van der Waals surface area (Å²) in [5, 5.41) is 26.8. The quantitative estimate of drug-likeness (QED) is 0.244. The largest absolute Gasteiger partial charge is 0.493 e. The van der Waals surface area contributed by atoms with E-state index in [2.05, 4.69) is 15.5 Å². The summed E-state index contributed by atoms with van der Waals surface area (Å²) in [5.41, 5.74) is 1.68. The molecule has 0 saturated heterocycles. The molecule has 174 valence electrons. The Kier molecular flexibility index (Phi) is 6.62. The molecule has 0 aliphatic heterocycles. The van der Waals surface area contributed by atoms with Crippen molar-refractivity contribution in [1.82, 2.24) is 4.57 Å². The molecule has 1 aromatic heterocycles. The lowest BCUT2D eigenvalue weighted by atomic mass is 10.2. The van der Waals surface area contributed by atoms with E-state index in [1.807, 2.05) is 30.3 Å². The molecule has 0 saturated carbocycles. The van der Waals surface area contributed by atoms with Crippen molar-refractivity contribution in [2.24, 2.45) is 15.4 Å². The van der Waals surface area contributed by atoms with Crippen LogP contribution in [0, 0.1) is 5.82 Å². The number of benzene rings is 3. The zero-order valence-electron chi connectivity index (χ0n) is 17.3. The third-order valence-electron chi connectivity index (χ3n) is 4.89. The maximum absolute atomic E-state index is 14.2. The lowest BCUT2D eigenvalue weighted by Crippen LogP contribution is -2.13. The first-order valence-electron chi connectivity index (χ1n) is 9.73. The molecule has 0 bridgehead atoms. The van der Waals surface area contributed by atoms with Gasteiger partial charge in [0.1, 0.15) is 5.82 Å². The minimum atomic E-state index is -3.90. The van der Waals surface area contributed by atoms with Crippen molar-refractivity contribution in [1.29, 1.82) is 0 Å². The van der Waals surface area contributed by atoms with E-state index in [0.29, 0.717) is 11.2 Å². The Balaban J connectivity index is 1.68. The van der Waals surface area contributed by atoms with Crippen molar-refractivity contribution < 1.29 is 17.9 Å². The van der Waals surface area contributed by atoms with E-state index in [9.17, 15) is 17.9 Å². The summed E-state index contributed by atoms with van der Waals surface area (Å²) in [7, 11) is -3.90. The van der Waals surface area contributed by atoms with Gasteiger partial charge in [0.25, 0.3) is 0 Å². The molecular weight excluding hydrogens is 501 g/mol. The van der Waals surface area contributed by atoms with Crippen LogP contribution in [0.25, 0.3) is 10.9 Å². The topological polar surface area (TPSA) is 122 Å². The second-order valence-electron chi connectivity index (χ2n) is 7.23. The predicted molar refractivity (Wildman–Crippen MR) is 133 cm³/mol. The summed E-state index contributed by atoms with van der Waals surface area (Å²) in [5.74, 6) is -0.925. The number of sulfonamides is 1. The molecule has 0 fully saturated rings. The van der Waals surface area contributed by atoms with Crippen LogP contribution in [0.3, 0.4) is 0 Å². The highest BCUT2D eigenvalue weighted by atomic mass is 35.5. The highest BCUT2D eigenvalue weighted by Gasteiger charge is 2.19. The van der Waals surface area contributed by atoms with Gasteiger partial charge in [0.2, 0.25) is 21.0 Å². The van der Waals surface area contributed by atoms with Gasteiger partial charge in [-0.15, -0.1) is 10.2 Å². The molecule has 1 heterocycles. The zero-order valence-corrected chi connectivity index (χ0v) is 19.7. The number of aromatic hydroxyl groups is 1. The van der Waals surface area contributed by atoms with Gasteiger partial charge in [0.05, 0.1) is 22.0 Å². The van der Waals surface area contributed by atoms with Crippen molar-refractivity contribution in [2.75, 3.05) is 5.32 Å². The fourth-order valence-corrected chi connectivity index (χ4v) is 4.21. The molecule has 0 unspecified atom stereocenters. The Labute approximate surface area is 204 Å². The molecule has 4 rings (SSSR count). The van der Waals surface area contributed by atoms with E-state index in [1.165, 1.54) is 34.9 Å². The number of anilines is 1. The summed E-state index contributed by atoms with van der Waals surface area (Å²) in [6.45, 7) is 0.281. The lowest BCUT2D eigenvalue weighted by Gasteiger charge is -2.07. The normalized spacial score (nSPS) is 11.9. The van der Waals surface area contributed by atoms with Crippen LogP contribution in [0.2, 0.25) is 5.02 Å². The summed E-state index contributed by atoms with van der Waals surface area (Å²) < 4.78 is 38.8. The van der Waals surface area contributed by atoms with E-state index in [0.717, 1.165) is 5.56 Å². The number of hydrogen-bond acceptors (Lipinski definition) is 5. The maximum atomic E-state index is 14.2. The Morgan fingerprint density at radius 3 is 2.59 bits per heavy atom. The number of azo groups is 1. The van der Waals surface area contributed by atoms with Crippen LogP contribution >= 0.6 is 23.8 Å². The van der Waals surface area contributed by atoms with Gasteiger partial charge < -0.3 is 15.0 Å². The highest BCUT2D eigenvalue weighted by molar-refractivity contribution is 7.89. The van der Waals surface area contributed by atoms with E-state index in [-0.39, 0.29) is 38.5 Å². The minimum absolute atomic E-state index is 0.00364. The van der Waals surface area contributed by atoms with Crippen molar-refractivity contribution in [3.63, 3.8) is 0 Å². The van der Waals surface area contributed by atoms with Crippen LogP contribution in [0.4, 0.5) is 15.8 Å². The zero-order chi connectivity index (χ0) is 24.5. The number of nitrogens with zero attached hydrogens (tertiary/aromatic N) is 3. The number of fused-ring (bicyclic) bond motifs is 1. The van der Waals surface area contributed by atoms with Crippen molar-refractivity contribution >= 4 is 61.2 Å². The molecule has 0 aliphatic rings. The van der Waals surface area contributed by atoms with Crippen LogP contribution < -0.4 is 10.5 Å². The highest BCUT2D eigenvalue weighted by Crippen LogP contribution is 2.41. The van der Waals surface area contributed by atoms with Crippen LogP contribution in [0.15, 0.2) is 81.9 Å². The molecule has 4 aromatic rings. The number of primary sulfonamides is 1. The first-order chi connectivity index (χ1) is 16.1. The third-order valence-corrected chi connectivity index (χ3v) is 6.27. The maximum Gasteiger partial charge on any atom is 0.238 e. The molecule has 0 spiro atoms. The molecule has 0 atom stereocenters. The van der Waals surface area contributed by atoms with Gasteiger partial charge in [-0.25, -0.2) is 17.9 Å². The van der Waals surface area contributed by atoms with Gasteiger partial charge in [0.15, 0.2) is 5.69 Å². The summed E-state index contributed by atoms with van der Waals surface area (Å²) >= 11 is 11.1. The Morgan fingerprint density at radius 1 is 1.15 bits per heavy atom. The number of rotatable bonds is 5.